The van der Waals surface area contributed by atoms with E-state index in [9.17, 15) is 18.0 Å². The third kappa shape index (κ3) is 4.95. The molecule has 0 aliphatic rings. The average molecular weight is 399 g/mol. The first-order valence-electron chi connectivity index (χ1n) is 7.95. The van der Waals surface area contributed by atoms with Gasteiger partial charge in [0.2, 0.25) is 5.76 Å². The fourth-order valence-electron chi connectivity index (χ4n) is 2.60. The molecule has 3 aromatic rings. The zero-order chi connectivity index (χ0) is 19.6. The Labute approximate surface area is 157 Å². The summed E-state index contributed by atoms with van der Waals surface area (Å²) < 4.78 is 46.6. The number of halogens is 4. The van der Waals surface area contributed by atoms with Gasteiger partial charge in [-0.3, -0.25) is 0 Å². The third-order valence-corrected chi connectivity index (χ3v) is 4.18. The van der Waals surface area contributed by atoms with Crippen molar-refractivity contribution in [1.29, 1.82) is 0 Å². The smallest absolute Gasteiger partial charge is 0.422 e. The van der Waals surface area contributed by atoms with Gasteiger partial charge in [0.15, 0.2) is 6.61 Å². The Hall–Kier alpha value is -2.67. The molecular weight excluding hydrogens is 385 g/mol. The van der Waals surface area contributed by atoms with Gasteiger partial charge in [0.1, 0.15) is 11.3 Å². The van der Waals surface area contributed by atoms with E-state index in [2.05, 4.69) is 4.74 Å². The maximum Gasteiger partial charge on any atom is 0.422 e. The second kappa shape index (κ2) is 7.52. The number of hydrogen-bond acceptors (Lipinski definition) is 3. The number of carboxylic acid groups (broad SMARTS) is 1. The number of furan rings is 1. The van der Waals surface area contributed by atoms with E-state index in [-0.39, 0.29) is 16.5 Å². The van der Waals surface area contributed by atoms with E-state index in [1.165, 1.54) is 12.1 Å². The summed E-state index contributed by atoms with van der Waals surface area (Å²) in [6.45, 7) is -1.40. The van der Waals surface area contributed by atoms with Crippen molar-refractivity contribution in [3.8, 4) is 5.75 Å². The minimum atomic E-state index is -4.42. The number of aryl methyl sites for hydroxylation is 2. The quantitative estimate of drug-likeness (QED) is 0.594. The van der Waals surface area contributed by atoms with E-state index in [0.29, 0.717) is 23.8 Å². The number of carbonyl (C=O) groups is 1. The van der Waals surface area contributed by atoms with Crippen LogP contribution in [0.15, 0.2) is 46.9 Å². The van der Waals surface area contributed by atoms with Crippen LogP contribution in [0.3, 0.4) is 0 Å². The number of benzene rings is 2. The van der Waals surface area contributed by atoms with E-state index in [0.717, 1.165) is 11.1 Å². The Kier molecular flexibility index (Phi) is 5.32. The topological polar surface area (TPSA) is 59.7 Å². The molecule has 3 rings (SSSR count). The number of alkyl halides is 3. The lowest BCUT2D eigenvalue weighted by molar-refractivity contribution is -0.153. The van der Waals surface area contributed by atoms with Gasteiger partial charge in [-0.1, -0.05) is 29.8 Å². The van der Waals surface area contributed by atoms with Crippen molar-refractivity contribution >= 4 is 28.5 Å². The van der Waals surface area contributed by atoms with Crippen molar-refractivity contribution in [3.63, 3.8) is 0 Å². The predicted molar refractivity (Wildman–Crippen MR) is 93.6 cm³/mol. The summed E-state index contributed by atoms with van der Waals surface area (Å²) >= 11 is 5.99. The van der Waals surface area contributed by atoms with Crippen LogP contribution >= 0.6 is 11.6 Å². The Bertz CT molecular complexity index is 979. The molecule has 1 aromatic heterocycles. The molecule has 0 unspecified atom stereocenters. The lowest BCUT2D eigenvalue weighted by Gasteiger charge is -2.11. The van der Waals surface area contributed by atoms with Crippen molar-refractivity contribution in [2.24, 2.45) is 0 Å². The standard InChI is InChI=1S/C19H14ClF3O4/c20-14-7-11(4-6-15(14)26-10-19(21,22)23)1-2-12-3-5-13-9-17(18(24)25)27-16(13)8-12/h3-9H,1-2,10H2,(H,24,25). The number of carboxylic acids is 1. The summed E-state index contributed by atoms with van der Waals surface area (Å²) in [6.07, 6.45) is -3.21. The molecule has 0 radical (unpaired) electrons. The molecule has 0 atom stereocenters. The SMILES string of the molecule is O=C(O)c1cc2ccc(CCc3ccc(OCC(F)(F)F)c(Cl)c3)cc2o1. The van der Waals surface area contributed by atoms with Crippen LogP contribution in [0.4, 0.5) is 13.2 Å². The van der Waals surface area contributed by atoms with E-state index in [1.54, 1.807) is 24.3 Å². The van der Waals surface area contributed by atoms with Crippen molar-refractivity contribution in [2.75, 3.05) is 6.61 Å². The second-order valence-corrected chi connectivity index (χ2v) is 6.36. The molecular formula is C19H14ClF3O4. The van der Waals surface area contributed by atoms with E-state index in [1.807, 2.05) is 6.07 Å². The van der Waals surface area contributed by atoms with E-state index in [4.69, 9.17) is 21.1 Å². The fraction of sp³-hybridized carbons (Fsp3) is 0.211. The minimum absolute atomic E-state index is 0.0176. The first-order valence-corrected chi connectivity index (χ1v) is 8.33. The molecule has 0 saturated heterocycles. The lowest BCUT2D eigenvalue weighted by atomic mass is 10.0. The molecule has 1 heterocycles. The zero-order valence-electron chi connectivity index (χ0n) is 13.8. The summed E-state index contributed by atoms with van der Waals surface area (Å²) in [5.74, 6) is -1.27. The summed E-state index contributed by atoms with van der Waals surface area (Å²) in [4.78, 5) is 10.9. The molecule has 0 bridgehead atoms. The lowest BCUT2D eigenvalue weighted by Crippen LogP contribution is -2.19. The van der Waals surface area contributed by atoms with Gasteiger partial charge in [0.25, 0.3) is 0 Å². The molecule has 2 aromatic carbocycles. The summed E-state index contributed by atoms with van der Waals surface area (Å²) in [5.41, 5.74) is 2.26. The normalized spacial score (nSPS) is 11.7. The van der Waals surface area contributed by atoms with Crippen LogP contribution in [0, 0.1) is 0 Å². The average Bonchev–Trinajstić information content (AvgIpc) is 3.02. The van der Waals surface area contributed by atoms with Gasteiger partial charge >= 0.3 is 12.1 Å². The molecule has 8 heteroatoms. The maximum atomic E-state index is 12.2. The Balaban J connectivity index is 1.66. The monoisotopic (exact) mass is 398 g/mol. The molecule has 0 saturated carbocycles. The maximum absolute atomic E-state index is 12.2. The minimum Gasteiger partial charge on any atom is -0.483 e. The molecule has 0 aliphatic heterocycles. The molecule has 1 N–H and O–H groups in total. The van der Waals surface area contributed by atoms with Crippen molar-refractivity contribution in [1.82, 2.24) is 0 Å². The van der Waals surface area contributed by atoms with Crippen LogP contribution in [0.25, 0.3) is 11.0 Å². The van der Waals surface area contributed by atoms with Gasteiger partial charge in [-0.05, 0) is 48.2 Å². The Morgan fingerprint density at radius 1 is 1.07 bits per heavy atom. The van der Waals surface area contributed by atoms with Crippen LogP contribution in [0.2, 0.25) is 5.02 Å². The molecule has 27 heavy (non-hydrogen) atoms. The van der Waals surface area contributed by atoms with Gasteiger partial charge in [-0.25, -0.2) is 4.79 Å². The highest BCUT2D eigenvalue weighted by molar-refractivity contribution is 6.32. The molecule has 0 amide bonds. The van der Waals surface area contributed by atoms with Crippen molar-refractivity contribution in [3.05, 3.63) is 64.4 Å². The van der Waals surface area contributed by atoms with Crippen LogP contribution in [-0.2, 0) is 12.8 Å². The van der Waals surface area contributed by atoms with Gasteiger partial charge < -0.3 is 14.3 Å². The Morgan fingerprint density at radius 2 is 1.74 bits per heavy atom. The third-order valence-electron chi connectivity index (χ3n) is 3.89. The van der Waals surface area contributed by atoms with E-state index < -0.39 is 18.8 Å². The van der Waals surface area contributed by atoms with Crippen LogP contribution in [0.1, 0.15) is 21.7 Å². The zero-order valence-corrected chi connectivity index (χ0v) is 14.6. The van der Waals surface area contributed by atoms with Crippen LogP contribution in [0.5, 0.6) is 5.75 Å². The van der Waals surface area contributed by atoms with Crippen molar-refractivity contribution in [2.45, 2.75) is 19.0 Å². The van der Waals surface area contributed by atoms with Crippen LogP contribution < -0.4 is 4.74 Å². The number of rotatable bonds is 6. The number of hydrogen-bond donors (Lipinski definition) is 1. The van der Waals surface area contributed by atoms with E-state index >= 15 is 0 Å². The molecule has 4 nitrogen and oxygen atoms in total. The highest BCUT2D eigenvalue weighted by Crippen LogP contribution is 2.28. The highest BCUT2D eigenvalue weighted by Gasteiger charge is 2.28. The molecule has 142 valence electrons. The first-order chi connectivity index (χ1) is 12.7. The van der Waals surface area contributed by atoms with Crippen LogP contribution in [-0.4, -0.2) is 23.9 Å². The van der Waals surface area contributed by atoms with Crippen molar-refractivity contribution < 1.29 is 32.2 Å². The highest BCUT2D eigenvalue weighted by atomic mass is 35.5. The molecule has 0 spiro atoms. The predicted octanol–water partition coefficient (Wildman–Crippen LogP) is 5.51. The summed E-state index contributed by atoms with van der Waals surface area (Å²) in [7, 11) is 0. The second-order valence-electron chi connectivity index (χ2n) is 5.96. The number of fused-ring (bicyclic) bond motifs is 1. The van der Waals surface area contributed by atoms with Gasteiger partial charge in [0, 0.05) is 5.39 Å². The largest absolute Gasteiger partial charge is 0.483 e. The fourth-order valence-corrected chi connectivity index (χ4v) is 2.86. The van der Waals surface area contributed by atoms with Gasteiger partial charge in [-0.15, -0.1) is 0 Å². The van der Waals surface area contributed by atoms with Gasteiger partial charge in [0.05, 0.1) is 5.02 Å². The summed E-state index contributed by atoms with van der Waals surface area (Å²) in [6, 6.07) is 11.5. The summed E-state index contributed by atoms with van der Waals surface area (Å²) in [5, 5.41) is 9.77. The number of ether oxygens (including phenoxy) is 1. The van der Waals surface area contributed by atoms with Gasteiger partial charge in [-0.2, -0.15) is 13.2 Å². The molecule has 0 fully saturated rings. The molecule has 0 aliphatic carbocycles. The first kappa shape index (κ1) is 19.1. The Morgan fingerprint density at radius 3 is 2.37 bits per heavy atom. The number of aromatic carboxylic acids is 1.